The van der Waals surface area contributed by atoms with Crippen LogP contribution in [0.1, 0.15) is 20.3 Å². The fourth-order valence-corrected chi connectivity index (χ4v) is 1.37. The molecule has 0 aromatic heterocycles. The van der Waals surface area contributed by atoms with Crippen molar-refractivity contribution < 1.29 is 14.3 Å². The molecule has 0 bridgehead atoms. The van der Waals surface area contributed by atoms with Gasteiger partial charge in [0, 0.05) is 6.07 Å². The van der Waals surface area contributed by atoms with Crippen LogP contribution in [-0.4, -0.2) is 12.6 Å². The number of benzene rings is 1. The molecular formula is C17H20O3. The number of rotatable bonds is 7. The van der Waals surface area contributed by atoms with E-state index in [1.165, 1.54) is 0 Å². The van der Waals surface area contributed by atoms with Crippen LogP contribution < -0.4 is 9.47 Å². The van der Waals surface area contributed by atoms with Crippen molar-refractivity contribution in [1.82, 2.24) is 0 Å². The molecule has 1 aromatic rings. The molecule has 0 fully saturated rings. The van der Waals surface area contributed by atoms with E-state index in [1.54, 1.807) is 30.4 Å². The van der Waals surface area contributed by atoms with Crippen molar-refractivity contribution in [1.29, 1.82) is 0 Å². The molecule has 20 heavy (non-hydrogen) atoms. The summed E-state index contributed by atoms with van der Waals surface area (Å²) in [4.78, 5) is 11.8. The predicted octanol–water partition coefficient (Wildman–Crippen LogP) is 4.07. The number of ether oxygens (including phenoxy) is 2. The molecule has 1 rings (SSSR count). The molecule has 0 radical (unpaired) electrons. The predicted molar refractivity (Wildman–Crippen MR) is 81.0 cm³/mol. The van der Waals surface area contributed by atoms with Gasteiger partial charge in [-0.15, -0.1) is 0 Å². The molecule has 106 valence electrons. The zero-order chi connectivity index (χ0) is 14.8. The van der Waals surface area contributed by atoms with Crippen LogP contribution >= 0.6 is 0 Å². The molecule has 1 aromatic carbocycles. The first kappa shape index (κ1) is 15.8. The van der Waals surface area contributed by atoms with Gasteiger partial charge in [0.15, 0.2) is 0 Å². The molecule has 3 nitrogen and oxygen atoms in total. The Morgan fingerprint density at radius 3 is 2.75 bits per heavy atom. The first-order valence-corrected chi connectivity index (χ1v) is 6.60. The average molecular weight is 272 g/mol. The second-order valence-electron chi connectivity index (χ2n) is 4.12. The molecule has 0 spiro atoms. The van der Waals surface area contributed by atoms with Crippen molar-refractivity contribution in [2.24, 2.45) is 0 Å². The number of carbonyl (C=O) groups is 1. The highest BCUT2D eigenvalue weighted by Gasteiger charge is 2.07. The largest absolute Gasteiger partial charge is 0.493 e. The molecule has 0 amide bonds. The van der Waals surface area contributed by atoms with Gasteiger partial charge in [0.2, 0.25) is 0 Å². The minimum atomic E-state index is -0.474. The Labute approximate surface area is 120 Å². The first-order chi connectivity index (χ1) is 9.67. The van der Waals surface area contributed by atoms with Crippen LogP contribution in [0.4, 0.5) is 0 Å². The van der Waals surface area contributed by atoms with Crippen molar-refractivity contribution in [3.8, 4) is 11.5 Å². The maximum Gasteiger partial charge on any atom is 0.342 e. The maximum atomic E-state index is 11.8. The molecule has 0 N–H and O–H groups in total. The lowest BCUT2D eigenvalue weighted by atomic mass is 10.2. The third-order valence-electron chi connectivity index (χ3n) is 2.35. The number of carbonyl (C=O) groups excluding carboxylic acids is 1. The Bertz CT molecular complexity index is 513. The van der Waals surface area contributed by atoms with E-state index in [-0.39, 0.29) is 0 Å². The zero-order valence-corrected chi connectivity index (χ0v) is 12.0. The molecular weight excluding hydrogens is 252 g/mol. The van der Waals surface area contributed by atoms with Gasteiger partial charge in [0.05, 0.1) is 12.2 Å². The lowest BCUT2D eigenvalue weighted by Crippen LogP contribution is -2.09. The monoisotopic (exact) mass is 272 g/mol. The standard InChI is InChI=1S/C17H20O3/c1-4-6-7-9-14(3)17(18)20-16-11-8-10-15(13-16)19-12-5-2/h4,6-11,13H,3,5,12H2,1-2H3/b6-4-,9-7-. The van der Waals surface area contributed by atoms with Gasteiger partial charge in [-0.3, -0.25) is 0 Å². The molecule has 0 atom stereocenters. The minimum absolute atomic E-state index is 0.294. The van der Waals surface area contributed by atoms with Crippen molar-refractivity contribution in [3.05, 3.63) is 60.7 Å². The van der Waals surface area contributed by atoms with Gasteiger partial charge in [-0.05, 0) is 31.6 Å². The van der Waals surface area contributed by atoms with E-state index < -0.39 is 5.97 Å². The first-order valence-electron chi connectivity index (χ1n) is 6.60. The zero-order valence-electron chi connectivity index (χ0n) is 12.0. The van der Waals surface area contributed by atoms with Gasteiger partial charge in [-0.1, -0.05) is 37.8 Å². The van der Waals surface area contributed by atoms with E-state index in [1.807, 2.05) is 32.1 Å². The van der Waals surface area contributed by atoms with Crippen LogP contribution in [0.5, 0.6) is 11.5 Å². The summed E-state index contributed by atoms with van der Waals surface area (Å²) in [6.45, 7) is 8.23. The van der Waals surface area contributed by atoms with Crippen LogP contribution in [0.15, 0.2) is 60.7 Å². The van der Waals surface area contributed by atoms with Gasteiger partial charge < -0.3 is 9.47 Å². The van der Waals surface area contributed by atoms with Crippen molar-refractivity contribution in [3.63, 3.8) is 0 Å². The Kier molecular flexibility index (Phi) is 6.90. The highest BCUT2D eigenvalue weighted by atomic mass is 16.5. The van der Waals surface area contributed by atoms with Gasteiger partial charge in [0.1, 0.15) is 11.5 Å². The summed E-state index contributed by atoms with van der Waals surface area (Å²) in [6.07, 6.45) is 7.96. The van der Waals surface area contributed by atoms with E-state index in [9.17, 15) is 4.79 Å². The lowest BCUT2D eigenvalue weighted by molar-refractivity contribution is -0.129. The smallest absolute Gasteiger partial charge is 0.342 e. The molecule has 3 heteroatoms. The highest BCUT2D eigenvalue weighted by molar-refractivity contribution is 5.92. The molecule has 0 unspecified atom stereocenters. The summed E-state index contributed by atoms with van der Waals surface area (Å²) in [5.41, 5.74) is 0.294. The topological polar surface area (TPSA) is 35.5 Å². The molecule has 0 heterocycles. The van der Waals surface area contributed by atoms with Crippen LogP contribution in [0, 0.1) is 0 Å². The minimum Gasteiger partial charge on any atom is -0.493 e. The van der Waals surface area contributed by atoms with E-state index in [0.29, 0.717) is 23.7 Å². The van der Waals surface area contributed by atoms with Crippen LogP contribution in [0.3, 0.4) is 0 Å². The second kappa shape index (κ2) is 8.75. The maximum absolute atomic E-state index is 11.8. The van der Waals surface area contributed by atoms with E-state index in [0.717, 1.165) is 6.42 Å². The second-order valence-corrected chi connectivity index (χ2v) is 4.12. The number of hydrogen-bond acceptors (Lipinski definition) is 3. The molecule has 0 aliphatic carbocycles. The van der Waals surface area contributed by atoms with E-state index in [2.05, 4.69) is 6.58 Å². The van der Waals surface area contributed by atoms with Crippen molar-refractivity contribution in [2.45, 2.75) is 20.3 Å². The Balaban J connectivity index is 2.63. The number of esters is 1. The normalized spacial score (nSPS) is 10.9. The summed E-state index contributed by atoms with van der Waals surface area (Å²) in [6, 6.07) is 7.01. The Hall–Kier alpha value is -2.29. The van der Waals surface area contributed by atoms with Crippen LogP contribution in [-0.2, 0) is 4.79 Å². The summed E-state index contributed by atoms with van der Waals surface area (Å²) in [5.74, 6) is 0.662. The molecule has 0 saturated carbocycles. The number of hydrogen-bond donors (Lipinski definition) is 0. The molecule has 0 aliphatic heterocycles. The van der Waals surface area contributed by atoms with Crippen LogP contribution in [0.25, 0.3) is 0 Å². The fraction of sp³-hybridized carbons (Fsp3) is 0.235. The Morgan fingerprint density at radius 1 is 1.30 bits per heavy atom. The number of allylic oxidation sites excluding steroid dienone is 3. The third kappa shape index (κ3) is 5.57. The van der Waals surface area contributed by atoms with Gasteiger partial charge in [-0.25, -0.2) is 4.79 Å². The summed E-state index contributed by atoms with van der Waals surface area (Å²) >= 11 is 0. The SMILES string of the molecule is C=C(/C=C\C=C/C)C(=O)Oc1cccc(OCCC)c1. The van der Waals surface area contributed by atoms with Crippen molar-refractivity contribution >= 4 is 5.97 Å². The molecule has 0 saturated heterocycles. The quantitative estimate of drug-likeness (QED) is 0.325. The third-order valence-corrected chi connectivity index (χ3v) is 2.35. The lowest BCUT2D eigenvalue weighted by Gasteiger charge is -2.07. The summed E-state index contributed by atoms with van der Waals surface area (Å²) < 4.78 is 10.7. The highest BCUT2D eigenvalue weighted by Crippen LogP contribution is 2.20. The molecule has 0 aliphatic rings. The van der Waals surface area contributed by atoms with E-state index in [4.69, 9.17) is 9.47 Å². The summed E-state index contributed by atoms with van der Waals surface area (Å²) in [5, 5.41) is 0. The average Bonchev–Trinajstić information content (AvgIpc) is 2.45. The summed E-state index contributed by atoms with van der Waals surface area (Å²) in [7, 11) is 0. The van der Waals surface area contributed by atoms with E-state index >= 15 is 0 Å². The Morgan fingerprint density at radius 2 is 2.05 bits per heavy atom. The van der Waals surface area contributed by atoms with Gasteiger partial charge in [0.25, 0.3) is 0 Å². The van der Waals surface area contributed by atoms with Crippen molar-refractivity contribution in [2.75, 3.05) is 6.61 Å². The van der Waals surface area contributed by atoms with Gasteiger partial charge >= 0.3 is 5.97 Å². The van der Waals surface area contributed by atoms with Crippen LogP contribution in [0.2, 0.25) is 0 Å². The van der Waals surface area contributed by atoms with Gasteiger partial charge in [-0.2, -0.15) is 0 Å². The fourth-order valence-electron chi connectivity index (χ4n) is 1.37.